The zero-order valence-corrected chi connectivity index (χ0v) is 16.3. The van der Waals surface area contributed by atoms with Gasteiger partial charge in [-0.3, -0.25) is 14.9 Å². The third-order valence-electron chi connectivity index (χ3n) is 4.76. The highest BCUT2D eigenvalue weighted by Gasteiger charge is 2.25. The number of hydrogen-bond acceptors (Lipinski definition) is 4. The number of hydrogen-bond donors (Lipinski definition) is 1. The molecule has 2 aromatic carbocycles. The average molecular weight is 408 g/mol. The van der Waals surface area contributed by atoms with Crippen LogP contribution in [0.4, 0.5) is 11.4 Å². The number of aryl methyl sites for hydroxylation is 1. The molecule has 0 aliphatic carbocycles. The van der Waals surface area contributed by atoms with Gasteiger partial charge in [0.25, 0.3) is 11.6 Å². The molecule has 0 bridgehead atoms. The third kappa shape index (κ3) is 4.51. The highest BCUT2D eigenvalue weighted by molar-refractivity contribution is 6.34. The summed E-state index contributed by atoms with van der Waals surface area (Å²) in [6, 6.07) is 9.70. The first kappa shape index (κ1) is 19.5. The zero-order valence-electron chi connectivity index (χ0n) is 14.7. The van der Waals surface area contributed by atoms with Crippen LogP contribution in [0.2, 0.25) is 10.0 Å². The van der Waals surface area contributed by atoms with Gasteiger partial charge < -0.3 is 10.2 Å². The molecule has 2 aromatic rings. The fraction of sp³-hybridized carbons (Fsp3) is 0.316. The molecule has 142 valence electrons. The van der Waals surface area contributed by atoms with Gasteiger partial charge in [0.05, 0.1) is 15.5 Å². The fourth-order valence-corrected chi connectivity index (χ4v) is 3.70. The second-order valence-corrected chi connectivity index (χ2v) is 7.51. The Morgan fingerprint density at radius 3 is 2.78 bits per heavy atom. The van der Waals surface area contributed by atoms with Crippen LogP contribution >= 0.6 is 23.2 Å². The first-order chi connectivity index (χ1) is 12.8. The second kappa shape index (κ2) is 8.15. The van der Waals surface area contributed by atoms with Gasteiger partial charge >= 0.3 is 0 Å². The van der Waals surface area contributed by atoms with Crippen LogP contribution < -0.4 is 10.2 Å². The minimum atomic E-state index is -0.543. The summed E-state index contributed by atoms with van der Waals surface area (Å²) in [4.78, 5) is 24.8. The van der Waals surface area contributed by atoms with Gasteiger partial charge in [-0.2, -0.15) is 0 Å². The Balaban J connectivity index is 1.59. The van der Waals surface area contributed by atoms with E-state index in [1.54, 1.807) is 0 Å². The quantitative estimate of drug-likeness (QED) is 0.585. The molecular weight excluding hydrogens is 389 g/mol. The Hall–Kier alpha value is -2.31. The standard InChI is InChI=1S/C19H19Cl2N3O3/c1-12-2-3-14(20)8-18(12)23-7-6-13(11-23)10-22-19(25)16-5-4-15(24(26)27)9-17(16)21/h2-5,8-9,13H,6-7,10-11H2,1H3,(H,22,25). The summed E-state index contributed by atoms with van der Waals surface area (Å²) >= 11 is 12.1. The van der Waals surface area contributed by atoms with Gasteiger partial charge in [-0.05, 0) is 43.0 Å². The van der Waals surface area contributed by atoms with E-state index in [2.05, 4.69) is 17.1 Å². The smallest absolute Gasteiger partial charge is 0.270 e. The van der Waals surface area contributed by atoms with Crippen molar-refractivity contribution < 1.29 is 9.72 Å². The van der Waals surface area contributed by atoms with Crippen molar-refractivity contribution in [2.24, 2.45) is 5.92 Å². The lowest BCUT2D eigenvalue weighted by atomic mass is 10.1. The Kier molecular flexibility index (Phi) is 5.87. The van der Waals surface area contributed by atoms with Gasteiger partial charge in [0, 0.05) is 42.5 Å². The number of non-ortho nitro benzene ring substituents is 1. The molecule has 1 unspecified atom stereocenters. The van der Waals surface area contributed by atoms with Crippen molar-refractivity contribution in [2.45, 2.75) is 13.3 Å². The topological polar surface area (TPSA) is 75.5 Å². The molecule has 0 radical (unpaired) electrons. The van der Waals surface area contributed by atoms with Crippen LogP contribution in [0.5, 0.6) is 0 Å². The van der Waals surface area contributed by atoms with Crippen molar-refractivity contribution in [3.63, 3.8) is 0 Å². The van der Waals surface area contributed by atoms with Crippen molar-refractivity contribution in [3.05, 3.63) is 67.7 Å². The molecule has 1 amide bonds. The average Bonchev–Trinajstić information content (AvgIpc) is 3.10. The summed E-state index contributed by atoms with van der Waals surface area (Å²) in [7, 11) is 0. The van der Waals surface area contributed by atoms with Gasteiger partial charge in [-0.1, -0.05) is 29.3 Å². The van der Waals surface area contributed by atoms with E-state index in [0.29, 0.717) is 17.5 Å². The summed E-state index contributed by atoms with van der Waals surface area (Å²) in [5.74, 6) is -0.0172. The van der Waals surface area contributed by atoms with Gasteiger partial charge in [0.2, 0.25) is 0 Å². The Bertz CT molecular complexity index is 888. The van der Waals surface area contributed by atoms with E-state index in [1.807, 2.05) is 18.2 Å². The number of amides is 1. The molecule has 0 aromatic heterocycles. The number of nitrogens with zero attached hydrogens (tertiary/aromatic N) is 2. The molecule has 8 heteroatoms. The lowest BCUT2D eigenvalue weighted by Gasteiger charge is -2.21. The number of nitrogens with one attached hydrogen (secondary N) is 1. The zero-order chi connectivity index (χ0) is 19.6. The maximum absolute atomic E-state index is 12.4. The number of anilines is 1. The van der Waals surface area contributed by atoms with Crippen molar-refractivity contribution in [2.75, 3.05) is 24.5 Å². The van der Waals surface area contributed by atoms with Gasteiger partial charge in [0.15, 0.2) is 0 Å². The second-order valence-electron chi connectivity index (χ2n) is 6.66. The summed E-state index contributed by atoms with van der Waals surface area (Å²) in [5, 5.41) is 14.4. The number of carbonyl (C=O) groups excluding carboxylic acids is 1. The summed E-state index contributed by atoms with van der Waals surface area (Å²) in [5.41, 5.74) is 2.39. The van der Waals surface area contributed by atoms with Crippen molar-refractivity contribution in [1.29, 1.82) is 0 Å². The number of halogens is 2. The van der Waals surface area contributed by atoms with E-state index in [9.17, 15) is 14.9 Å². The molecule has 1 atom stereocenters. The van der Waals surface area contributed by atoms with Gasteiger partial charge in [-0.15, -0.1) is 0 Å². The summed E-state index contributed by atoms with van der Waals surface area (Å²) in [6.07, 6.45) is 0.959. The van der Waals surface area contributed by atoms with Crippen LogP contribution in [0.25, 0.3) is 0 Å². The Labute approximate surface area is 167 Å². The fourth-order valence-electron chi connectivity index (χ4n) is 3.28. The maximum Gasteiger partial charge on any atom is 0.270 e. The molecule has 1 saturated heterocycles. The normalized spacial score (nSPS) is 16.4. The van der Waals surface area contributed by atoms with Crippen LogP contribution in [0.15, 0.2) is 36.4 Å². The van der Waals surface area contributed by atoms with E-state index >= 15 is 0 Å². The lowest BCUT2D eigenvalue weighted by molar-refractivity contribution is -0.384. The minimum absolute atomic E-state index is 0.0734. The predicted molar refractivity (Wildman–Crippen MR) is 107 cm³/mol. The minimum Gasteiger partial charge on any atom is -0.371 e. The molecule has 6 nitrogen and oxygen atoms in total. The predicted octanol–water partition coefficient (Wildman–Crippen LogP) is 4.47. The number of benzene rings is 2. The maximum atomic E-state index is 12.4. The molecule has 1 N–H and O–H groups in total. The molecule has 1 aliphatic heterocycles. The van der Waals surface area contributed by atoms with Gasteiger partial charge in [-0.25, -0.2) is 0 Å². The molecule has 27 heavy (non-hydrogen) atoms. The molecule has 1 fully saturated rings. The highest BCUT2D eigenvalue weighted by Crippen LogP contribution is 2.29. The van der Waals surface area contributed by atoms with Crippen molar-refractivity contribution in [1.82, 2.24) is 5.32 Å². The number of nitro benzene ring substituents is 1. The monoisotopic (exact) mass is 407 g/mol. The molecule has 0 spiro atoms. The van der Waals surface area contributed by atoms with Crippen LogP contribution in [-0.4, -0.2) is 30.5 Å². The van der Waals surface area contributed by atoms with Gasteiger partial charge in [0.1, 0.15) is 0 Å². The van der Waals surface area contributed by atoms with Crippen LogP contribution in [0, 0.1) is 23.0 Å². The molecule has 3 rings (SSSR count). The van der Waals surface area contributed by atoms with E-state index in [-0.39, 0.29) is 22.2 Å². The first-order valence-corrected chi connectivity index (χ1v) is 9.34. The van der Waals surface area contributed by atoms with Crippen molar-refractivity contribution in [3.8, 4) is 0 Å². The van der Waals surface area contributed by atoms with Crippen molar-refractivity contribution >= 4 is 40.5 Å². The number of rotatable bonds is 5. The van der Waals surface area contributed by atoms with Crippen LogP contribution in [-0.2, 0) is 0 Å². The summed E-state index contributed by atoms with van der Waals surface area (Å²) < 4.78 is 0. The van der Waals surface area contributed by atoms with E-state index in [4.69, 9.17) is 23.2 Å². The first-order valence-electron chi connectivity index (χ1n) is 8.58. The molecule has 0 saturated carbocycles. The van der Waals surface area contributed by atoms with Crippen LogP contribution in [0.3, 0.4) is 0 Å². The number of nitro groups is 1. The largest absolute Gasteiger partial charge is 0.371 e. The van der Waals surface area contributed by atoms with Crippen LogP contribution in [0.1, 0.15) is 22.3 Å². The summed E-state index contributed by atoms with van der Waals surface area (Å²) in [6.45, 7) is 4.30. The lowest BCUT2D eigenvalue weighted by Crippen LogP contribution is -2.31. The highest BCUT2D eigenvalue weighted by atomic mass is 35.5. The molecular formula is C19H19Cl2N3O3. The van der Waals surface area contributed by atoms with E-state index in [1.165, 1.54) is 23.8 Å². The molecule has 1 heterocycles. The molecule has 1 aliphatic rings. The SMILES string of the molecule is Cc1ccc(Cl)cc1N1CCC(CNC(=O)c2ccc([N+](=O)[O-])cc2Cl)C1. The van der Waals surface area contributed by atoms with E-state index in [0.717, 1.165) is 25.2 Å². The Morgan fingerprint density at radius 2 is 2.07 bits per heavy atom. The van der Waals surface area contributed by atoms with E-state index < -0.39 is 4.92 Å². The number of carbonyl (C=O) groups is 1. The Morgan fingerprint density at radius 1 is 1.30 bits per heavy atom. The third-order valence-corrected chi connectivity index (χ3v) is 5.30.